The largest absolute Gasteiger partial charge is 0.396 e. The van der Waals surface area contributed by atoms with Crippen LogP contribution in [0.1, 0.15) is 19.3 Å². The lowest BCUT2D eigenvalue weighted by molar-refractivity contribution is -0.137. The maximum Gasteiger partial charge on any atom is 0.228 e. The Labute approximate surface area is 130 Å². The number of nitrogens with zero attached hydrogens (tertiary/aromatic N) is 2. The molecule has 5 nitrogen and oxygen atoms in total. The molecule has 22 heavy (non-hydrogen) atoms. The number of aliphatic hydroxyl groups is 1. The molecule has 0 aliphatic carbocycles. The maximum absolute atomic E-state index is 12.6. The third-order valence-electron chi connectivity index (χ3n) is 4.63. The lowest BCUT2D eigenvalue weighted by Gasteiger charge is -2.33. The van der Waals surface area contributed by atoms with Crippen LogP contribution in [0.15, 0.2) is 30.3 Å². The molecule has 1 aromatic rings. The number of carbonyl (C=O) groups is 2. The fourth-order valence-electron chi connectivity index (χ4n) is 3.40. The molecule has 2 aliphatic heterocycles. The first-order valence-electron chi connectivity index (χ1n) is 7.94. The van der Waals surface area contributed by atoms with Gasteiger partial charge in [0.2, 0.25) is 11.8 Å². The van der Waals surface area contributed by atoms with Gasteiger partial charge in [-0.3, -0.25) is 9.59 Å². The van der Waals surface area contributed by atoms with Crippen molar-refractivity contribution in [3.63, 3.8) is 0 Å². The number of piperidine rings is 1. The van der Waals surface area contributed by atoms with Crippen LogP contribution in [0.5, 0.6) is 0 Å². The first-order chi connectivity index (χ1) is 10.7. The molecule has 2 aliphatic rings. The molecule has 0 bridgehead atoms. The lowest BCUT2D eigenvalue weighted by Crippen LogP contribution is -2.44. The summed E-state index contributed by atoms with van der Waals surface area (Å²) in [6.07, 6.45) is 2.19. The topological polar surface area (TPSA) is 60.9 Å². The zero-order valence-corrected chi connectivity index (χ0v) is 12.6. The zero-order valence-electron chi connectivity index (χ0n) is 12.6. The second-order valence-electron chi connectivity index (χ2n) is 6.22. The molecule has 2 amide bonds. The molecule has 2 saturated heterocycles. The Kier molecular flexibility index (Phi) is 4.43. The Hall–Kier alpha value is -1.88. The van der Waals surface area contributed by atoms with Crippen LogP contribution in [0.3, 0.4) is 0 Å². The van der Waals surface area contributed by atoms with E-state index >= 15 is 0 Å². The highest BCUT2D eigenvalue weighted by atomic mass is 16.3. The first kappa shape index (κ1) is 15.0. The predicted octanol–water partition coefficient (Wildman–Crippen LogP) is 1.27. The highest BCUT2D eigenvalue weighted by Gasteiger charge is 2.38. The Bertz CT molecular complexity index is 546. The third kappa shape index (κ3) is 2.99. The van der Waals surface area contributed by atoms with Crippen LogP contribution in [0.2, 0.25) is 0 Å². The van der Waals surface area contributed by atoms with Gasteiger partial charge in [-0.25, -0.2) is 0 Å². The summed E-state index contributed by atoms with van der Waals surface area (Å²) in [7, 11) is 0. The summed E-state index contributed by atoms with van der Waals surface area (Å²) in [5.74, 6) is -0.00428. The van der Waals surface area contributed by atoms with Crippen molar-refractivity contribution in [1.82, 2.24) is 4.90 Å². The number of amides is 2. The van der Waals surface area contributed by atoms with Crippen molar-refractivity contribution < 1.29 is 14.7 Å². The number of benzene rings is 1. The number of rotatable bonds is 3. The van der Waals surface area contributed by atoms with Gasteiger partial charge in [0.25, 0.3) is 0 Å². The molecule has 2 fully saturated rings. The van der Waals surface area contributed by atoms with Crippen LogP contribution in [-0.4, -0.2) is 48.1 Å². The number of para-hydroxylation sites is 1. The van der Waals surface area contributed by atoms with E-state index in [-0.39, 0.29) is 36.7 Å². The van der Waals surface area contributed by atoms with E-state index in [2.05, 4.69) is 0 Å². The van der Waals surface area contributed by atoms with Crippen molar-refractivity contribution in [3.05, 3.63) is 30.3 Å². The van der Waals surface area contributed by atoms with Gasteiger partial charge >= 0.3 is 0 Å². The van der Waals surface area contributed by atoms with Gasteiger partial charge in [0.1, 0.15) is 0 Å². The Morgan fingerprint density at radius 1 is 1.23 bits per heavy atom. The van der Waals surface area contributed by atoms with Crippen molar-refractivity contribution >= 4 is 17.5 Å². The lowest BCUT2D eigenvalue weighted by atomic mass is 9.97. The number of anilines is 1. The van der Waals surface area contributed by atoms with E-state index in [4.69, 9.17) is 0 Å². The normalized spacial score (nSPS) is 25.6. The summed E-state index contributed by atoms with van der Waals surface area (Å²) in [5, 5.41) is 9.29. The molecule has 0 aromatic heterocycles. The number of hydrogen-bond donors (Lipinski definition) is 1. The van der Waals surface area contributed by atoms with E-state index in [0.29, 0.717) is 13.1 Å². The quantitative estimate of drug-likeness (QED) is 0.914. The molecule has 0 saturated carbocycles. The highest BCUT2D eigenvalue weighted by molar-refractivity contribution is 6.00. The number of hydrogen-bond acceptors (Lipinski definition) is 3. The van der Waals surface area contributed by atoms with Crippen LogP contribution < -0.4 is 4.90 Å². The van der Waals surface area contributed by atoms with Gasteiger partial charge in [-0.05, 0) is 30.9 Å². The van der Waals surface area contributed by atoms with Crippen LogP contribution in [0, 0.1) is 11.8 Å². The summed E-state index contributed by atoms with van der Waals surface area (Å²) in [4.78, 5) is 28.4. The Morgan fingerprint density at radius 3 is 2.73 bits per heavy atom. The van der Waals surface area contributed by atoms with Crippen molar-refractivity contribution in [2.45, 2.75) is 19.3 Å². The minimum atomic E-state index is -0.259. The number of carbonyl (C=O) groups excluding carboxylic acids is 2. The fraction of sp³-hybridized carbons (Fsp3) is 0.529. The zero-order chi connectivity index (χ0) is 15.5. The number of aliphatic hydroxyl groups excluding tert-OH is 1. The minimum Gasteiger partial charge on any atom is -0.396 e. The fourth-order valence-corrected chi connectivity index (χ4v) is 3.40. The summed E-state index contributed by atoms with van der Waals surface area (Å²) in [6.45, 7) is 1.95. The monoisotopic (exact) mass is 302 g/mol. The average molecular weight is 302 g/mol. The van der Waals surface area contributed by atoms with E-state index in [1.54, 1.807) is 4.90 Å². The molecule has 2 unspecified atom stereocenters. The molecule has 118 valence electrons. The standard InChI is InChI=1S/C17H22N2O3/c20-12-13-5-4-8-18(10-13)17(22)14-9-16(21)19(11-14)15-6-2-1-3-7-15/h1-3,6-7,13-14,20H,4-5,8-12H2. The molecule has 0 radical (unpaired) electrons. The van der Waals surface area contributed by atoms with Crippen molar-refractivity contribution in [1.29, 1.82) is 0 Å². The van der Waals surface area contributed by atoms with Gasteiger partial charge in [0.05, 0.1) is 5.92 Å². The maximum atomic E-state index is 12.6. The van der Waals surface area contributed by atoms with E-state index in [1.165, 1.54) is 0 Å². The van der Waals surface area contributed by atoms with Crippen molar-refractivity contribution in [2.75, 3.05) is 31.1 Å². The second-order valence-corrected chi connectivity index (χ2v) is 6.22. The van der Waals surface area contributed by atoms with E-state index < -0.39 is 0 Å². The van der Waals surface area contributed by atoms with Crippen LogP contribution in [-0.2, 0) is 9.59 Å². The van der Waals surface area contributed by atoms with Gasteiger partial charge in [0, 0.05) is 38.3 Å². The third-order valence-corrected chi connectivity index (χ3v) is 4.63. The van der Waals surface area contributed by atoms with Crippen molar-refractivity contribution in [2.24, 2.45) is 11.8 Å². The second kappa shape index (κ2) is 6.48. The van der Waals surface area contributed by atoms with E-state index in [1.807, 2.05) is 35.2 Å². The predicted molar refractivity (Wildman–Crippen MR) is 83.3 cm³/mol. The number of likely N-dealkylation sites (tertiary alicyclic amines) is 1. The van der Waals surface area contributed by atoms with Gasteiger partial charge in [-0.2, -0.15) is 0 Å². The van der Waals surface area contributed by atoms with Crippen LogP contribution in [0.25, 0.3) is 0 Å². The average Bonchev–Trinajstić information content (AvgIpc) is 2.97. The molecule has 5 heteroatoms. The molecule has 3 rings (SSSR count). The molecular weight excluding hydrogens is 280 g/mol. The SMILES string of the molecule is O=C(C1CC(=O)N(c2ccccc2)C1)N1CCCC(CO)C1. The molecule has 1 N–H and O–H groups in total. The van der Waals surface area contributed by atoms with Gasteiger partial charge < -0.3 is 14.9 Å². The highest BCUT2D eigenvalue weighted by Crippen LogP contribution is 2.27. The first-order valence-corrected chi connectivity index (χ1v) is 7.94. The Morgan fingerprint density at radius 2 is 2.00 bits per heavy atom. The summed E-state index contributed by atoms with van der Waals surface area (Å²) >= 11 is 0. The summed E-state index contributed by atoms with van der Waals surface area (Å²) < 4.78 is 0. The van der Waals surface area contributed by atoms with Gasteiger partial charge in [-0.1, -0.05) is 18.2 Å². The molecule has 2 heterocycles. The molecule has 1 aromatic carbocycles. The molecular formula is C17H22N2O3. The van der Waals surface area contributed by atoms with E-state index in [9.17, 15) is 14.7 Å². The molecule has 0 spiro atoms. The summed E-state index contributed by atoms with van der Waals surface area (Å²) in [6, 6.07) is 9.50. The van der Waals surface area contributed by atoms with E-state index in [0.717, 1.165) is 25.1 Å². The molecule has 2 atom stereocenters. The smallest absolute Gasteiger partial charge is 0.228 e. The van der Waals surface area contributed by atoms with Crippen molar-refractivity contribution in [3.8, 4) is 0 Å². The minimum absolute atomic E-state index is 0.0141. The van der Waals surface area contributed by atoms with Crippen LogP contribution >= 0.6 is 0 Å². The Balaban J connectivity index is 1.66. The van der Waals surface area contributed by atoms with Gasteiger partial charge in [0.15, 0.2) is 0 Å². The van der Waals surface area contributed by atoms with Gasteiger partial charge in [-0.15, -0.1) is 0 Å². The van der Waals surface area contributed by atoms with Crippen LogP contribution in [0.4, 0.5) is 5.69 Å². The summed E-state index contributed by atoms with van der Waals surface area (Å²) in [5.41, 5.74) is 0.856.